The molecule has 1 atom stereocenters. The lowest BCUT2D eigenvalue weighted by Crippen LogP contribution is -2.30. The van der Waals surface area contributed by atoms with E-state index in [4.69, 9.17) is 14.2 Å². The van der Waals surface area contributed by atoms with Crippen molar-refractivity contribution in [2.75, 3.05) is 13.2 Å². The summed E-state index contributed by atoms with van der Waals surface area (Å²) in [6.45, 7) is 6.44. The van der Waals surface area contributed by atoms with Crippen LogP contribution >= 0.6 is 0 Å². The molecule has 6 nitrogen and oxygen atoms in total. The Morgan fingerprint density at radius 3 is 0.881 bits per heavy atom. The molecule has 0 aliphatic carbocycles. The van der Waals surface area contributed by atoms with Gasteiger partial charge >= 0.3 is 17.9 Å². The molecule has 0 aliphatic rings. The number of rotatable bonds is 51. The number of hydrogen-bond donors (Lipinski definition) is 0. The first-order valence-electron chi connectivity index (χ1n) is 28.4. The van der Waals surface area contributed by atoms with E-state index in [-0.39, 0.29) is 31.6 Å². The SMILES string of the molecule is CC/C=C\C/C=C\C/C=C\C/C=C\C/C=C\C/C=C\CCC(=O)OC(COC(=O)CCCCCCCCC)COC(=O)CCCCCCCCCCCCCCCCCCCCCCCCC. The van der Waals surface area contributed by atoms with Gasteiger partial charge in [-0.3, -0.25) is 14.4 Å². The molecule has 0 fully saturated rings. The maximum atomic E-state index is 12.8. The molecule has 0 spiro atoms. The minimum Gasteiger partial charge on any atom is -0.462 e. The van der Waals surface area contributed by atoms with Crippen molar-refractivity contribution < 1.29 is 28.6 Å². The minimum atomic E-state index is -0.811. The summed E-state index contributed by atoms with van der Waals surface area (Å²) in [5, 5.41) is 0. The molecule has 0 rings (SSSR count). The molecule has 67 heavy (non-hydrogen) atoms. The molecule has 0 amide bonds. The maximum absolute atomic E-state index is 12.8. The quantitative estimate of drug-likeness (QED) is 0.0262. The zero-order valence-electron chi connectivity index (χ0n) is 44.2. The Labute approximate surface area is 414 Å². The molecule has 0 aliphatic heterocycles. The second kappa shape index (κ2) is 55.4. The summed E-state index contributed by atoms with van der Waals surface area (Å²) in [6.07, 6.45) is 70.8. The molecular formula is C61H106O6. The van der Waals surface area contributed by atoms with Crippen molar-refractivity contribution in [2.24, 2.45) is 0 Å². The van der Waals surface area contributed by atoms with E-state index in [1.54, 1.807) is 0 Å². The highest BCUT2D eigenvalue weighted by Crippen LogP contribution is 2.16. The number of ether oxygens (including phenoxy) is 3. The van der Waals surface area contributed by atoms with Crippen LogP contribution in [0.4, 0.5) is 0 Å². The second-order valence-corrected chi connectivity index (χ2v) is 18.8. The van der Waals surface area contributed by atoms with Gasteiger partial charge in [-0.25, -0.2) is 0 Å². The first-order valence-corrected chi connectivity index (χ1v) is 28.4. The summed E-state index contributed by atoms with van der Waals surface area (Å²) in [6, 6.07) is 0. The van der Waals surface area contributed by atoms with Crippen LogP contribution in [0.5, 0.6) is 0 Å². The summed E-state index contributed by atoms with van der Waals surface area (Å²) in [7, 11) is 0. The lowest BCUT2D eigenvalue weighted by molar-refractivity contribution is -0.166. The fourth-order valence-electron chi connectivity index (χ4n) is 8.00. The number of carbonyl (C=O) groups excluding carboxylic acids is 3. The molecule has 0 aromatic heterocycles. The van der Waals surface area contributed by atoms with E-state index in [9.17, 15) is 14.4 Å². The summed E-state index contributed by atoms with van der Waals surface area (Å²) in [5.41, 5.74) is 0. The molecular weight excluding hydrogens is 829 g/mol. The lowest BCUT2D eigenvalue weighted by Gasteiger charge is -2.18. The summed E-state index contributed by atoms with van der Waals surface area (Å²) >= 11 is 0. The van der Waals surface area contributed by atoms with Crippen LogP contribution in [0.25, 0.3) is 0 Å². The number of unbranched alkanes of at least 4 members (excludes halogenated alkanes) is 28. The largest absolute Gasteiger partial charge is 0.462 e. The smallest absolute Gasteiger partial charge is 0.306 e. The third-order valence-corrected chi connectivity index (χ3v) is 12.2. The van der Waals surface area contributed by atoms with E-state index < -0.39 is 12.1 Å². The van der Waals surface area contributed by atoms with Crippen molar-refractivity contribution in [3.05, 3.63) is 72.9 Å². The van der Waals surface area contributed by atoms with Gasteiger partial charge in [-0.15, -0.1) is 0 Å². The Hall–Kier alpha value is -3.15. The average molecular weight is 936 g/mol. The molecule has 386 valence electrons. The zero-order valence-corrected chi connectivity index (χ0v) is 44.2. The van der Waals surface area contributed by atoms with Crippen LogP contribution in [0.1, 0.15) is 278 Å². The predicted molar refractivity (Wildman–Crippen MR) is 288 cm³/mol. The van der Waals surface area contributed by atoms with Crippen LogP contribution in [0, 0.1) is 0 Å². The van der Waals surface area contributed by atoms with Crippen LogP contribution in [0.3, 0.4) is 0 Å². The predicted octanol–water partition coefficient (Wildman–Crippen LogP) is 19.0. The molecule has 0 saturated carbocycles. The van der Waals surface area contributed by atoms with Gasteiger partial charge in [0.05, 0.1) is 0 Å². The van der Waals surface area contributed by atoms with Gasteiger partial charge < -0.3 is 14.2 Å². The van der Waals surface area contributed by atoms with Crippen LogP contribution in [0.2, 0.25) is 0 Å². The Balaban J connectivity index is 4.25. The summed E-state index contributed by atoms with van der Waals surface area (Å²) in [5.74, 6) is -0.987. The highest BCUT2D eigenvalue weighted by atomic mass is 16.6. The number of carbonyl (C=O) groups is 3. The molecule has 6 heteroatoms. The van der Waals surface area contributed by atoms with Gasteiger partial charge in [0.2, 0.25) is 0 Å². The van der Waals surface area contributed by atoms with E-state index >= 15 is 0 Å². The van der Waals surface area contributed by atoms with E-state index in [2.05, 4.69) is 87.6 Å². The van der Waals surface area contributed by atoms with Crippen LogP contribution in [-0.2, 0) is 28.6 Å². The van der Waals surface area contributed by atoms with Gasteiger partial charge in [-0.2, -0.15) is 0 Å². The molecule has 0 bridgehead atoms. The van der Waals surface area contributed by atoms with Crippen molar-refractivity contribution in [2.45, 2.75) is 284 Å². The summed E-state index contributed by atoms with van der Waals surface area (Å²) in [4.78, 5) is 37.9. The zero-order chi connectivity index (χ0) is 48.6. The molecule has 0 aromatic rings. The molecule has 0 heterocycles. The van der Waals surface area contributed by atoms with E-state index in [0.717, 1.165) is 77.0 Å². The van der Waals surface area contributed by atoms with Gasteiger partial charge in [-0.05, 0) is 57.8 Å². The fraction of sp³-hybridized carbons (Fsp3) is 0.754. The third-order valence-electron chi connectivity index (χ3n) is 12.2. The first-order chi connectivity index (χ1) is 33.0. The van der Waals surface area contributed by atoms with Gasteiger partial charge in [0.15, 0.2) is 6.10 Å². The first kappa shape index (κ1) is 63.8. The van der Waals surface area contributed by atoms with E-state index in [1.807, 2.05) is 6.08 Å². The molecule has 0 saturated heterocycles. The normalized spacial score (nSPS) is 12.6. The maximum Gasteiger partial charge on any atom is 0.306 e. The monoisotopic (exact) mass is 935 g/mol. The number of esters is 3. The number of hydrogen-bond acceptors (Lipinski definition) is 6. The Kier molecular flexibility index (Phi) is 52.8. The fourth-order valence-corrected chi connectivity index (χ4v) is 8.00. The van der Waals surface area contributed by atoms with Gasteiger partial charge in [-0.1, -0.05) is 273 Å². The standard InChI is InChI=1S/C61H106O6/c1-4-7-10-13-16-18-20-22-24-26-28-29-30-31-33-34-36-38-40-42-45-48-51-54-60(63)66-57-58(56-65-59(62)53-50-47-44-15-12-9-6-3)67-61(64)55-52-49-46-43-41-39-37-35-32-27-25-23-21-19-17-14-11-8-5-2/h8,11,17,19,23,25,32,35,39,41,46,49,58H,4-7,9-10,12-16,18,20-22,24,26-31,33-34,36-38,40,42-45,47-48,50-57H2,1-3H3/b11-8-,19-17-,25-23-,35-32-,41-39-,49-46-. The van der Waals surface area contributed by atoms with Crippen LogP contribution in [0.15, 0.2) is 72.9 Å². The molecule has 0 N–H and O–H groups in total. The molecule has 0 radical (unpaired) electrons. The van der Waals surface area contributed by atoms with Gasteiger partial charge in [0.25, 0.3) is 0 Å². The Morgan fingerprint density at radius 1 is 0.313 bits per heavy atom. The van der Waals surface area contributed by atoms with Crippen molar-refractivity contribution >= 4 is 17.9 Å². The second-order valence-electron chi connectivity index (χ2n) is 18.8. The lowest BCUT2D eigenvalue weighted by atomic mass is 10.0. The molecule has 0 aromatic carbocycles. The molecule has 1 unspecified atom stereocenters. The Bertz CT molecular complexity index is 1260. The van der Waals surface area contributed by atoms with Crippen LogP contribution < -0.4 is 0 Å². The summed E-state index contributed by atoms with van der Waals surface area (Å²) < 4.78 is 16.7. The minimum absolute atomic E-state index is 0.103. The van der Waals surface area contributed by atoms with Crippen molar-refractivity contribution in [3.63, 3.8) is 0 Å². The van der Waals surface area contributed by atoms with Crippen molar-refractivity contribution in [3.8, 4) is 0 Å². The van der Waals surface area contributed by atoms with Crippen LogP contribution in [-0.4, -0.2) is 37.2 Å². The topological polar surface area (TPSA) is 78.9 Å². The number of allylic oxidation sites excluding steroid dienone is 12. The van der Waals surface area contributed by atoms with E-state index in [0.29, 0.717) is 19.3 Å². The average Bonchev–Trinajstić information content (AvgIpc) is 3.33. The Morgan fingerprint density at radius 2 is 0.582 bits per heavy atom. The van der Waals surface area contributed by atoms with Crippen molar-refractivity contribution in [1.82, 2.24) is 0 Å². The van der Waals surface area contributed by atoms with Gasteiger partial charge in [0.1, 0.15) is 13.2 Å². The van der Waals surface area contributed by atoms with Crippen molar-refractivity contribution in [1.29, 1.82) is 0 Å². The van der Waals surface area contributed by atoms with Gasteiger partial charge in [0, 0.05) is 19.3 Å². The third kappa shape index (κ3) is 53.7. The highest BCUT2D eigenvalue weighted by molar-refractivity contribution is 5.71. The highest BCUT2D eigenvalue weighted by Gasteiger charge is 2.19. The van der Waals surface area contributed by atoms with E-state index in [1.165, 1.54) is 154 Å².